The van der Waals surface area contributed by atoms with Crippen LogP contribution in [0.3, 0.4) is 0 Å². The molecule has 0 bridgehead atoms. The van der Waals surface area contributed by atoms with E-state index in [0.29, 0.717) is 0 Å². The molecule has 0 aliphatic rings. The second kappa shape index (κ2) is 171. The molecular weight excluding hydrogens is 150 g/mol. The molecule has 0 aromatic rings. The molecule has 12 heavy (non-hydrogen) atoms. The Morgan fingerprint density at radius 1 is 0.667 bits per heavy atom. The third kappa shape index (κ3) is 1190. The lowest BCUT2D eigenvalue weighted by Gasteiger charge is -1.69. The number of guanidine groups is 1. The van der Waals surface area contributed by atoms with Gasteiger partial charge in [0.15, 0.2) is 5.96 Å². The summed E-state index contributed by atoms with van der Waals surface area (Å²) >= 11 is 0. The first-order chi connectivity index (χ1) is 5.73. The standard InChI is InChI=1S/4C2H6.CH5N3/c4*1-2;2-1(3)4/h4*1-2H3;(H5,2,3,4). The minimum atomic E-state index is -0.333. The lowest BCUT2D eigenvalue weighted by Crippen LogP contribution is -2.20. The van der Waals surface area contributed by atoms with Crippen molar-refractivity contribution < 1.29 is 0 Å². The zero-order chi connectivity index (χ0) is 11.6. The van der Waals surface area contributed by atoms with Crippen molar-refractivity contribution in [3.63, 3.8) is 0 Å². The Hall–Kier alpha value is -0.730. The van der Waals surface area contributed by atoms with Crippen molar-refractivity contribution in [2.24, 2.45) is 11.5 Å². The lowest BCUT2D eigenvalue weighted by molar-refractivity contribution is 1.39. The van der Waals surface area contributed by atoms with Gasteiger partial charge in [0.1, 0.15) is 0 Å². The quantitative estimate of drug-likeness (QED) is 0.395. The molecule has 0 spiro atoms. The van der Waals surface area contributed by atoms with E-state index in [1.807, 2.05) is 55.4 Å². The van der Waals surface area contributed by atoms with Crippen molar-refractivity contribution in [1.29, 1.82) is 5.41 Å². The molecule has 3 heteroatoms. The largest absolute Gasteiger partial charge is 0.370 e. The van der Waals surface area contributed by atoms with Crippen LogP contribution < -0.4 is 11.5 Å². The molecule has 0 rings (SSSR count). The first-order valence-corrected chi connectivity index (χ1v) is 4.83. The van der Waals surface area contributed by atoms with Crippen molar-refractivity contribution in [1.82, 2.24) is 0 Å². The molecular formula is C9H29N3. The van der Waals surface area contributed by atoms with Crippen LogP contribution in [0.1, 0.15) is 55.4 Å². The lowest BCUT2D eigenvalue weighted by atomic mass is 11.0. The van der Waals surface area contributed by atoms with Gasteiger partial charge in [0.2, 0.25) is 0 Å². The molecule has 0 heterocycles. The van der Waals surface area contributed by atoms with E-state index in [2.05, 4.69) is 11.5 Å². The average molecular weight is 179 g/mol. The van der Waals surface area contributed by atoms with E-state index in [-0.39, 0.29) is 5.96 Å². The Morgan fingerprint density at radius 2 is 0.667 bits per heavy atom. The predicted octanol–water partition coefficient (Wildman–Crippen LogP) is 2.94. The highest BCUT2D eigenvalue weighted by Crippen LogP contribution is 1.15. The summed E-state index contributed by atoms with van der Waals surface area (Å²) in [6.07, 6.45) is 0. The summed E-state index contributed by atoms with van der Waals surface area (Å²) in [6.45, 7) is 16.0. The third-order valence-corrected chi connectivity index (χ3v) is 0. The van der Waals surface area contributed by atoms with Gasteiger partial charge in [-0.05, 0) is 0 Å². The van der Waals surface area contributed by atoms with E-state index in [1.54, 1.807) is 0 Å². The van der Waals surface area contributed by atoms with Gasteiger partial charge in [-0.25, -0.2) is 0 Å². The molecule has 0 saturated carbocycles. The minimum absolute atomic E-state index is 0.333. The molecule has 0 radical (unpaired) electrons. The number of nitrogens with two attached hydrogens (primary N) is 2. The van der Waals surface area contributed by atoms with E-state index in [0.717, 1.165) is 0 Å². The van der Waals surface area contributed by atoms with E-state index in [4.69, 9.17) is 5.41 Å². The normalized spacial score (nSPS) is 4.00. The van der Waals surface area contributed by atoms with Crippen LogP contribution in [0.25, 0.3) is 0 Å². The fraction of sp³-hybridized carbons (Fsp3) is 0.889. The maximum atomic E-state index is 6.06. The molecule has 3 nitrogen and oxygen atoms in total. The summed E-state index contributed by atoms with van der Waals surface area (Å²) in [5.41, 5.74) is 8.94. The summed E-state index contributed by atoms with van der Waals surface area (Å²) < 4.78 is 0. The number of hydrogen-bond donors (Lipinski definition) is 3. The van der Waals surface area contributed by atoms with Crippen LogP contribution in [0, 0.1) is 5.41 Å². The molecule has 0 aliphatic carbocycles. The molecule has 0 atom stereocenters. The predicted molar refractivity (Wildman–Crippen MR) is 61.5 cm³/mol. The maximum Gasteiger partial charge on any atom is 0.183 e. The Bertz CT molecular complexity index is 32.8. The zero-order valence-corrected chi connectivity index (χ0v) is 10.2. The van der Waals surface area contributed by atoms with Gasteiger partial charge in [-0.1, -0.05) is 55.4 Å². The van der Waals surface area contributed by atoms with E-state index >= 15 is 0 Å². The average Bonchev–Trinajstić information content (AvgIpc) is 2.16. The van der Waals surface area contributed by atoms with Gasteiger partial charge >= 0.3 is 0 Å². The highest BCUT2D eigenvalue weighted by atomic mass is 14.9. The maximum absolute atomic E-state index is 6.06. The van der Waals surface area contributed by atoms with Gasteiger partial charge in [0, 0.05) is 0 Å². The van der Waals surface area contributed by atoms with Crippen LogP contribution in [0.2, 0.25) is 0 Å². The smallest absolute Gasteiger partial charge is 0.183 e. The molecule has 80 valence electrons. The first-order valence-electron chi connectivity index (χ1n) is 4.83. The molecule has 0 fully saturated rings. The molecule has 5 N–H and O–H groups in total. The fourth-order valence-electron chi connectivity index (χ4n) is 0. The SMILES string of the molecule is CC.CC.CC.CC.N=C(N)N. The van der Waals surface area contributed by atoms with E-state index in [9.17, 15) is 0 Å². The van der Waals surface area contributed by atoms with Gasteiger partial charge in [0.05, 0.1) is 0 Å². The molecule has 0 amide bonds. The molecule has 0 saturated heterocycles. The number of rotatable bonds is 0. The van der Waals surface area contributed by atoms with E-state index in [1.165, 1.54) is 0 Å². The molecule has 0 aliphatic heterocycles. The van der Waals surface area contributed by atoms with Gasteiger partial charge in [-0.3, -0.25) is 5.41 Å². The van der Waals surface area contributed by atoms with Gasteiger partial charge < -0.3 is 11.5 Å². The molecule has 0 unspecified atom stereocenters. The van der Waals surface area contributed by atoms with Crippen molar-refractivity contribution in [2.45, 2.75) is 55.4 Å². The topological polar surface area (TPSA) is 75.9 Å². The third-order valence-electron chi connectivity index (χ3n) is 0. The van der Waals surface area contributed by atoms with E-state index < -0.39 is 0 Å². The van der Waals surface area contributed by atoms with Crippen molar-refractivity contribution in [3.05, 3.63) is 0 Å². The van der Waals surface area contributed by atoms with Crippen LogP contribution in [-0.2, 0) is 0 Å². The van der Waals surface area contributed by atoms with Gasteiger partial charge in [-0.2, -0.15) is 0 Å². The Morgan fingerprint density at radius 3 is 0.667 bits per heavy atom. The monoisotopic (exact) mass is 179 g/mol. The Balaban J connectivity index is -0.0000000181. The van der Waals surface area contributed by atoms with Crippen LogP contribution >= 0.6 is 0 Å². The summed E-state index contributed by atoms with van der Waals surface area (Å²) in [5.74, 6) is -0.333. The summed E-state index contributed by atoms with van der Waals surface area (Å²) in [6, 6.07) is 0. The second-order valence-electron chi connectivity index (χ2n) is 0.455. The Kier molecular flexibility index (Phi) is 432. The summed E-state index contributed by atoms with van der Waals surface area (Å²) in [4.78, 5) is 0. The number of hydrogen-bond acceptors (Lipinski definition) is 1. The van der Waals surface area contributed by atoms with Crippen LogP contribution in [0.4, 0.5) is 0 Å². The minimum Gasteiger partial charge on any atom is -0.370 e. The van der Waals surface area contributed by atoms with Gasteiger partial charge in [0.25, 0.3) is 0 Å². The zero-order valence-electron chi connectivity index (χ0n) is 10.2. The van der Waals surface area contributed by atoms with Crippen molar-refractivity contribution >= 4 is 5.96 Å². The fourth-order valence-corrected chi connectivity index (χ4v) is 0. The highest BCUT2D eigenvalue weighted by molar-refractivity contribution is 5.71. The van der Waals surface area contributed by atoms with Gasteiger partial charge in [-0.15, -0.1) is 0 Å². The molecule has 0 aromatic heterocycles. The van der Waals surface area contributed by atoms with Crippen LogP contribution in [0.15, 0.2) is 0 Å². The first kappa shape index (κ1) is 30.2. The summed E-state index contributed by atoms with van der Waals surface area (Å²) in [5, 5.41) is 6.06. The van der Waals surface area contributed by atoms with Crippen molar-refractivity contribution in [2.75, 3.05) is 0 Å². The second-order valence-corrected chi connectivity index (χ2v) is 0.455. The van der Waals surface area contributed by atoms with Crippen LogP contribution in [0.5, 0.6) is 0 Å². The Labute approximate surface area is 79.0 Å². The number of nitrogens with one attached hydrogen (secondary N) is 1. The molecule has 0 aromatic carbocycles. The highest BCUT2D eigenvalue weighted by Gasteiger charge is 1.52. The van der Waals surface area contributed by atoms with Crippen LogP contribution in [-0.4, -0.2) is 5.96 Å². The summed E-state index contributed by atoms with van der Waals surface area (Å²) in [7, 11) is 0. The van der Waals surface area contributed by atoms with Crippen molar-refractivity contribution in [3.8, 4) is 0 Å².